The van der Waals surface area contributed by atoms with E-state index in [0.29, 0.717) is 0 Å². The molecule has 0 fully saturated rings. The van der Waals surface area contributed by atoms with Gasteiger partial charge < -0.3 is 4.79 Å². The molecule has 10 heavy (non-hydrogen) atoms. The average Bonchev–Trinajstić information content (AvgIpc) is 2.39. The summed E-state index contributed by atoms with van der Waals surface area (Å²) >= 11 is 1.54. The molecular formula is C7H7NOS. The smallest absolute Gasteiger partial charge is 0.116 e. The molecule has 0 amide bonds. The van der Waals surface area contributed by atoms with Gasteiger partial charge in [0.25, 0.3) is 0 Å². The van der Waals surface area contributed by atoms with E-state index in [0.717, 1.165) is 11.8 Å². The summed E-state index contributed by atoms with van der Waals surface area (Å²) in [5.41, 5.74) is 0.755. The highest BCUT2D eigenvalue weighted by atomic mass is 32.1. The second-order valence-corrected chi connectivity index (χ2v) is 2.14. The molecular weight excluding hydrogens is 146 g/mol. The van der Waals surface area contributed by atoms with E-state index < -0.39 is 0 Å². The molecule has 1 aromatic heterocycles. The van der Waals surface area contributed by atoms with Crippen LogP contribution in [0.1, 0.15) is 12.5 Å². The van der Waals surface area contributed by atoms with E-state index >= 15 is 0 Å². The van der Waals surface area contributed by atoms with Crippen LogP contribution >= 0.6 is 11.3 Å². The van der Waals surface area contributed by atoms with Gasteiger partial charge in [-0.1, -0.05) is 0 Å². The van der Waals surface area contributed by atoms with Crippen LogP contribution in [0.4, 0.5) is 0 Å². The van der Waals surface area contributed by atoms with Crippen LogP contribution in [-0.4, -0.2) is 6.29 Å². The lowest BCUT2D eigenvalue weighted by atomic mass is 10.4. The summed E-state index contributed by atoms with van der Waals surface area (Å²) in [6.07, 6.45) is 0.750. The van der Waals surface area contributed by atoms with Gasteiger partial charge in [0.2, 0.25) is 0 Å². The summed E-state index contributed by atoms with van der Waals surface area (Å²) in [6, 6.07) is 3.81. The Morgan fingerprint density at radius 1 is 1.80 bits per heavy atom. The van der Waals surface area contributed by atoms with E-state index in [1.54, 1.807) is 17.4 Å². The summed E-state index contributed by atoms with van der Waals surface area (Å²) in [7, 11) is 0. The van der Waals surface area contributed by atoms with E-state index in [1.807, 2.05) is 16.8 Å². The van der Waals surface area contributed by atoms with Crippen molar-refractivity contribution in [2.24, 2.45) is 0 Å². The second kappa shape index (κ2) is 5.99. The fourth-order valence-corrected chi connectivity index (χ4v) is 0.910. The molecule has 0 aliphatic carbocycles. The number of nitriles is 1. The number of carbonyl (C=O) groups is 1. The molecule has 0 aromatic carbocycles. The molecule has 1 aromatic rings. The minimum absolute atomic E-state index is 0.750. The largest absolute Gasteiger partial charge is 0.304 e. The Kier molecular flexibility index (Phi) is 5.30. The third kappa shape index (κ3) is 3.81. The molecule has 0 atom stereocenters. The zero-order valence-electron chi connectivity index (χ0n) is 5.57. The zero-order valence-corrected chi connectivity index (χ0v) is 6.39. The first kappa shape index (κ1) is 8.86. The summed E-state index contributed by atoms with van der Waals surface area (Å²) in [5, 5.41) is 11.9. The van der Waals surface area contributed by atoms with Crippen LogP contribution in [0.25, 0.3) is 0 Å². The SMILES string of the molecule is CC=O.N#Cc1ccsc1. The van der Waals surface area contributed by atoms with Crippen molar-refractivity contribution in [3.63, 3.8) is 0 Å². The Morgan fingerprint density at radius 3 is 2.60 bits per heavy atom. The van der Waals surface area contributed by atoms with Crippen LogP contribution in [0.3, 0.4) is 0 Å². The van der Waals surface area contributed by atoms with Gasteiger partial charge in [0.1, 0.15) is 6.29 Å². The Balaban J connectivity index is 0.000000236. The highest BCUT2D eigenvalue weighted by Crippen LogP contribution is 2.02. The molecule has 0 saturated carbocycles. The lowest BCUT2D eigenvalue weighted by Gasteiger charge is -1.62. The molecule has 0 bridgehead atoms. The maximum Gasteiger partial charge on any atom is 0.116 e. The standard InChI is InChI=1S/C5H3NS.C2H4O/c6-3-5-1-2-7-4-5;1-2-3/h1-2,4H;2H,1H3. The van der Waals surface area contributed by atoms with Gasteiger partial charge >= 0.3 is 0 Å². The maximum absolute atomic E-state index is 8.81. The van der Waals surface area contributed by atoms with Gasteiger partial charge in [-0.3, -0.25) is 0 Å². The first-order valence-corrected chi connectivity index (χ1v) is 3.61. The van der Waals surface area contributed by atoms with Gasteiger partial charge in [-0.2, -0.15) is 16.6 Å². The summed E-state index contributed by atoms with van der Waals surface area (Å²) in [4.78, 5) is 8.81. The van der Waals surface area contributed by atoms with Gasteiger partial charge in [0, 0.05) is 5.38 Å². The van der Waals surface area contributed by atoms with Gasteiger partial charge in [-0.05, 0) is 18.4 Å². The van der Waals surface area contributed by atoms with Crippen LogP contribution in [-0.2, 0) is 4.79 Å². The quantitative estimate of drug-likeness (QED) is 0.533. The van der Waals surface area contributed by atoms with Crippen LogP contribution < -0.4 is 0 Å². The van der Waals surface area contributed by atoms with Crippen molar-refractivity contribution in [3.05, 3.63) is 22.4 Å². The minimum Gasteiger partial charge on any atom is -0.304 e. The normalized spacial score (nSPS) is 6.80. The van der Waals surface area contributed by atoms with Gasteiger partial charge in [0.15, 0.2) is 0 Å². The molecule has 3 heteroatoms. The van der Waals surface area contributed by atoms with Crippen LogP contribution in [0.2, 0.25) is 0 Å². The molecule has 2 nitrogen and oxygen atoms in total. The lowest BCUT2D eigenvalue weighted by Crippen LogP contribution is -1.54. The summed E-state index contributed by atoms with van der Waals surface area (Å²) < 4.78 is 0. The van der Waals surface area contributed by atoms with Crippen molar-refractivity contribution in [3.8, 4) is 6.07 Å². The lowest BCUT2D eigenvalue weighted by molar-refractivity contribution is -0.106. The third-order valence-electron chi connectivity index (χ3n) is 0.650. The van der Waals surface area contributed by atoms with Crippen LogP contribution in [0, 0.1) is 11.3 Å². The molecule has 0 aliphatic heterocycles. The van der Waals surface area contributed by atoms with Crippen molar-refractivity contribution in [2.75, 3.05) is 0 Å². The number of hydrogen-bond donors (Lipinski definition) is 0. The van der Waals surface area contributed by atoms with Crippen LogP contribution in [0.5, 0.6) is 0 Å². The maximum atomic E-state index is 8.81. The molecule has 0 radical (unpaired) electrons. The number of rotatable bonds is 0. The van der Waals surface area contributed by atoms with Gasteiger partial charge in [-0.15, -0.1) is 0 Å². The molecule has 0 aliphatic rings. The number of thiophene rings is 1. The Hall–Kier alpha value is -1.14. The van der Waals surface area contributed by atoms with Crippen molar-refractivity contribution >= 4 is 17.6 Å². The first-order valence-electron chi connectivity index (χ1n) is 2.67. The number of hydrogen-bond acceptors (Lipinski definition) is 3. The molecule has 0 spiro atoms. The highest BCUT2D eigenvalue weighted by molar-refractivity contribution is 7.08. The molecule has 1 heterocycles. The predicted octanol–water partition coefficient (Wildman–Crippen LogP) is 1.82. The summed E-state index contributed by atoms with van der Waals surface area (Å²) in [5.74, 6) is 0. The number of nitrogens with zero attached hydrogens (tertiary/aromatic N) is 1. The van der Waals surface area contributed by atoms with Gasteiger partial charge in [-0.25, -0.2) is 0 Å². The van der Waals surface area contributed by atoms with Gasteiger partial charge in [0.05, 0.1) is 11.6 Å². The molecule has 52 valence electrons. The Labute approximate surface area is 63.7 Å². The number of aldehydes is 1. The van der Waals surface area contributed by atoms with E-state index in [4.69, 9.17) is 10.1 Å². The predicted molar refractivity (Wildman–Crippen MR) is 40.8 cm³/mol. The second-order valence-electron chi connectivity index (χ2n) is 1.36. The third-order valence-corrected chi connectivity index (χ3v) is 1.33. The fourth-order valence-electron chi connectivity index (χ4n) is 0.328. The molecule has 0 saturated heterocycles. The Bertz CT molecular complexity index is 210. The van der Waals surface area contributed by atoms with E-state index in [1.165, 1.54) is 6.92 Å². The fraction of sp³-hybridized carbons (Fsp3) is 0.143. The Morgan fingerprint density at radius 2 is 2.40 bits per heavy atom. The van der Waals surface area contributed by atoms with Crippen molar-refractivity contribution < 1.29 is 4.79 Å². The zero-order chi connectivity index (χ0) is 7.82. The highest BCUT2D eigenvalue weighted by Gasteiger charge is 1.82. The van der Waals surface area contributed by atoms with E-state index in [2.05, 4.69) is 0 Å². The molecule has 1 rings (SSSR count). The van der Waals surface area contributed by atoms with E-state index in [9.17, 15) is 0 Å². The average molecular weight is 153 g/mol. The van der Waals surface area contributed by atoms with Crippen molar-refractivity contribution in [2.45, 2.75) is 6.92 Å². The van der Waals surface area contributed by atoms with E-state index in [-0.39, 0.29) is 0 Å². The van der Waals surface area contributed by atoms with Crippen molar-refractivity contribution in [1.82, 2.24) is 0 Å². The number of carbonyl (C=O) groups excluding carboxylic acids is 1. The summed E-state index contributed by atoms with van der Waals surface area (Å²) in [6.45, 7) is 1.44. The first-order chi connectivity index (χ1) is 4.85. The monoisotopic (exact) mass is 153 g/mol. The van der Waals surface area contributed by atoms with Crippen LogP contribution in [0.15, 0.2) is 16.8 Å². The minimum atomic E-state index is 0.750. The topological polar surface area (TPSA) is 40.9 Å². The van der Waals surface area contributed by atoms with Crippen molar-refractivity contribution in [1.29, 1.82) is 5.26 Å². The molecule has 0 N–H and O–H groups in total. The molecule has 0 unspecified atom stereocenters.